The highest BCUT2D eigenvalue weighted by Gasteiger charge is 2.13. The van der Waals surface area contributed by atoms with Crippen LogP contribution in [-0.2, 0) is 10.8 Å². The van der Waals surface area contributed by atoms with E-state index in [4.69, 9.17) is 5.73 Å². The quantitative estimate of drug-likeness (QED) is 0.433. The van der Waals surface area contributed by atoms with E-state index in [1.165, 1.54) is 19.3 Å². The Kier molecular flexibility index (Phi) is 8.38. The minimum absolute atomic E-state index is 0. The third-order valence-corrected chi connectivity index (χ3v) is 4.91. The van der Waals surface area contributed by atoms with Gasteiger partial charge in [0.05, 0.1) is 12.1 Å². The highest BCUT2D eigenvalue weighted by molar-refractivity contribution is 14.0. The van der Waals surface area contributed by atoms with Crippen molar-refractivity contribution in [3.05, 3.63) is 29.8 Å². The largest absolute Gasteiger partial charge is 0.370 e. The fourth-order valence-electron chi connectivity index (χ4n) is 2.70. The summed E-state index contributed by atoms with van der Waals surface area (Å²) in [5.41, 5.74) is 7.13. The van der Waals surface area contributed by atoms with Crippen LogP contribution in [0, 0.1) is 0 Å². The Morgan fingerprint density at radius 2 is 1.86 bits per heavy atom. The molecule has 1 saturated carbocycles. The molecule has 3 N–H and O–H groups in total. The second kappa shape index (κ2) is 9.50. The van der Waals surface area contributed by atoms with Crippen molar-refractivity contribution in [3.8, 4) is 0 Å². The van der Waals surface area contributed by atoms with Gasteiger partial charge in [0.2, 0.25) is 0 Å². The van der Waals surface area contributed by atoms with Gasteiger partial charge in [-0.15, -0.1) is 24.0 Å². The molecule has 1 aromatic carbocycles. The van der Waals surface area contributed by atoms with Gasteiger partial charge in [0.15, 0.2) is 5.96 Å². The summed E-state index contributed by atoms with van der Waals surface area (Å²) in [5, 5.41) is 3.24. The molecule has 0 heterocycles. The van der Waals surface area contributed by atoms with Gasteiger partial charge in [0, 0.05) is 22.0 Å². The van der Waals surface area contributed by atoms with Gasteiger partial charge in [-0.25, -0.2) is 0 Å². The normalized spacial score (nSPS) is 19.1. The molecule has 1 fully saturated rings. The Bertz CT molecular complexity index is 513. The molecule has 0 amide bonds. The van der Waals surface area contributed by atoms with Crippen molar-refractivity contribution in [2.24, 2.45) is 10.7 Å². The van der Waals surface area contributed by atoms with Crippen molar-refractivity contribution >= 4 is 40.7 Å². The topological polar surface area (TPSA) is 67.5 Å². The van der Waals surface area contributed by atoms with E-state index < -0.39 is 10.8 Å². The standard InChI is InChI=1S/C16H25N3OS.HI/c1-12(13-8-10-15(11-9-13)21(2)20)18-16(17)19-14-6-4-3-5-7-14;/h8-12,14H,3-7H2,1-2H3,(H3,17,18,19);1H. The molecule has 0 radical (unpaired) electrons. The molecule has 22 heavy (non-hydrogen) atoms. The lowest BCUT2D eigenvalue weighted by molar-refractivity contribution is 0.441. The summed E-state index contributed by atoms with van der Waals surface area (Å²) >= 11 is 0. The van der Waals surface area contributed by atoms with Crippen molar-refractivity contribution in [3.63, 3.8) is 0 Å². The van der Waals surface area contributed by atoms with E-state index in [0.717, 1.165) is 23.3 Å². The monoisotopic (exact) mass is 435 g/mol. The first kappa shape index (κ1) is 19.4. The Hall–Kier alpha value is -0.630. The van der Waals surface area contributed by atoms with Crippen LogP contribution in [0.25, 0.3) is 0 Å². The number of hydrogen-bond donors (Lipinski definition) is 2. The number of rotatable bonds is 4. The number of aliphatic imine (C=N–C) groups is 1. The highest BCUT2D eigenvalue weighted by atomic mass is 127. The van der Waals surface area contributed by atoms with Crippen LogP contribution in [0.3, 0.4) is 0 Å². The maximum atomic E-state index is 11.4. The van der Waals surface area contributed by atoms with E-state index >= 15 is 0 Å². The van der Waals surface area contributed by atoms with Crippen LogP contribution in [0.2, 0.25) is 0 Å². The summed E-state index contributed by atoms with van der Waals surface area (Å²) in [7, 11) is -0.935. The van der Waals surface area contributed by atoms with Crippen LogP contribution in [0.5, 0.6) is 0 Å². The van der Waals surface area contributed by atoms with Gasteiger partial charge < -0.3 is 11.1 Å². The molecule has 4 nitrogen and oxygen atoms in total. The van der Waals surface area contributed by atoms with Gasteiger partial charge in [-0.3, -0.25) is 9.20 Å². The Labute approximate surface area is 152 Å². The Morgan fingerprint density at radius 1 is 1.27 bits per heavy atom. The fourth-order valence-corrected chi connectivity index (χ4v) is 3.22. The van der Waals surface area contributed by atoms with E-state index in [0.29, 0.717) is 12.0 Å². The number of nitrogens with two attached hydrogens (primary N) is 1. The SMILES string of the molecule is CC(NC(N)=NC1CCCCC1)c1ccc(S(C)=O)cc1.I. The lowest BCUT2D eigenvalue weighted by Crippen LogP contribution is -2.35. The predicted octanol–water partition coefficient (Wildman–Crippen LogP) is 3.34. The van der Waals surface area contributed by atoms with Crippen LogP contribution in [-0.4, -0.2) is 22.5 Å². The summed E-state index contributed by atoms with van der Waals surface area (Å²) < 4.78 is 11.4. The summed E-state index contributed by atoms with van der Waals surface area (Å²) in [5.74, 6) is 0.526. The molecule has 0 aromatic heterocycles. The van der Waals surface area contributed by atoms with E-state index in [-0.39, 0.29) is 30.0 Å². The molecule has 0 spiro atoms. The van der Waals surface area contributed by atoms with Gasteiger partial charge in [-0.05, 0) is 37.5 Å². The minimum Gasteiger partial charge on any atom is -0.370 e. The summed E-state index contributed by atoms with van der Waals surface area (Å²) in [4.78, 5) is 5.42. The Balaban J connectivity index is 0.00000242. The van der Waals surface area contributed by atoms with Crippen molar-refractivity contribution < 1.29 is 4.21 Å². The molecule has 2 atom stereocenters. The molecular formula is C16H26IN3OS. The number of nitrogens with one attached hydrogen (secondary N) is 1. The summed E-state index contributed by atoms with van der Waals surface area (Å²) in [6.07, 6.45) is 7.81. The minimum atomic E-state index is -0.935. The third-order valence-electron chi connectivity index (χ3n) is 3.97. The van der Waals surface area contributed by atoms with E-state index in [1.807, 2.05) is 24.3 Å². The molecule has 0 aliphatic heterocycles. The zero-order chi connectivity index (χ0) is 15.2. The van der Waals surface area contributed by atoms with E-state index in [1.54, 1.807) is 6.26 Å². The van der Waals surface area contributed by atoms with Crippen molar-refractivity contribution in [2.75, 3.05) is 6.26 Å². The Morgan fingerprint density at radius 3 is 2.41 bits per heavy atom. The number of guanidine groups is 1. The van der Waals surface area contributed by atoms with E-state index in [2.05, 4.69) is 17.2 Å². The van der Waals surface area contributed by atoms with Gasteiger partial charge in [-0.2, -0.15) is 0 Å². The number of halogens is 1. The lowest BCUT2D eigenvalue weighted by atomic mass is 9.96. The second-order valence-corrected chi connectivity index (χ2v) is 7.08. The third kappa shape index (κ3) is 5.87. The second-order valence-electron chi connectivity index (χ2n) is 5.70. The van der Waals surface area contributed by atoms with E-state index in [9.17, 15) is 4.21 Å². The number of benzene rings is 1. The molecule has 2 rings (SSSR count). The van der Waals surface area contributed by atoms with Crippen molar-refractivity contribution in [1.29, 1.82) is 0 Å². The van der Waals surface area contributed by atoms with Crippen LogP contribution >= 0.6 is 24.0 Å². The number of hydrogen-bond acceptors (Lipinski definition) is 2. The van der Waals surface area contributed by atoms with Crippen LogP contribution < -0.4 is 11.1 Å². The van der Waals surface area contributed by atoms with Crippen molar-refractivity contribution in [2.45, 2.75) is 56.0 Å². The molecule has 6 heteroatoms. The molecular weight excluding hydrogens is 409 g/mol. The van der Waals surface area contributed by atoms with Crippen LogP contribution in [0.4, 0.5) is 0 Å². The van der Waals surface area contributed by atoms with Crippen molar-refractivity contribution in [1.82, 2.24) is 5.32 Å². The zero-order valence-electron chi connectivity index (χ0n) is 13.2. The average Bonchev–Trinajstić information content (AvgIpc) is 2.48. The fraction of sp³-hybridized carbons (Fsp3) is 0.562. The maximum absolute atomic E-state index is 11.4. The zero-order valence-corrected chi connectivity index (χ0v) is 16.4. The average molecular weight is 435 g/mol. The molecule has 124 valence electrons. The first-order chi connectivity index (χ1) is 10.1. The summed E-state index contributed by atoms with van der Waals surface area (Å²) in [6, 6.07) is 8.25. The molecule has 1 aromatic rings. The molecule has 2 unspecified atom stereocenters. The first-order valence-electron chi connectivity index (χ1n) is 7.59. The number of nitrogens with zero attached hydrogens (tertiary/aromatic N) is 1. The van der Waals surface area contributed by atoms with Gasteiger partial charge in [0.25, 0.3) is 0 Å². The highest BCUT2D eigenvalue weighted by Crippen LogP contribution is 2.20. The van der Waals surface area contributed by atoms with Crippen LogP contribution in [0.15, 0.2) is 34.2 Å². The smallest absolute Gasteiger partial charge is 0.189 e. The summed E-state index contributed by atoms with van der Waals surface area (Å²) in [6.45, 7) is 2.06. The maximum Gasteiger partial charge on any atom is 0.189 e. The first-order valence-corrected chi connectivity index (χ1v) is 9.15. The molecule has 0 bridgehead atoms. The predicted molar refractivity (Wildman–Crippen MR) is 104 cm³/mol. The van der Waals surface area contributed by atoms with Gasteiger partial charge in [0.1, 0.15) is 0 Å². The molecule has 0 saturated heterocycles. The lowest BCUT2D eigenvalue weighted by Gasteiger charge is -2.20. The molecule has 1 aliphatic rings. The molecule has 1 aliphatic carbocycles. The van der Waals surface area contributed by atoms with Gasteiger partial charge >= 0.3 is 0 Å². The van der Waals surface area contributed by atoms with Gasteiger partial charge in [-0.1, -0.05) is 31.4 Å². The van der Waals surface area contributed by atoms with Crippen LogP contribution in [0.1, 0.15) is 50.6 Å².